The first kappa shape index (κ1) is 15.0. The van der Waals surface area contributed by atoms with E-state index in [1.807, 2.05) is 31.2 Å². The molecule has 1 unspecified atom stereocenters. The molecular formula is C16H17Cl2NO. The second-order valence-electron chi connectivity index (χ2n) is 4.72. The number of rotatable bonds is 4. The number of anilines is 1. The van der Waals surface area contributed by atoms with Crippen molar-refractivity contribution in [1.29, 1.82) is 0 Å². The molecular weight excluding hydrogens is 293 g/mol. The lowest BCUT2D eigenvalue weighted by Crippen LogP contribution is -2.07. The Kier molecular flexibility index (Phi) is 4.79. The number of hydrogen-bond acceptors (Lipinski definition) is 2. The van der Waals surface area contributed by atoms with Crippen molar-refractivity contribution >= 4 is 28.9 Å². The Bertz CT molecular complexity index is 613. The normalized spacial score (nSPS) is 12.1. The van der Waals surface area contributed by atoms with Gasteiger partial charge in [0.15, 0.2) is 0 Å². The van der Waals surface area contributed by atoms with Gasteiger partial charge in [-0.3, -0.25) is 0 Å². The standard InChI is InChI=1S/C16H17Cl2NO/c1-10-8-13(5-7-16(10)20-3)19-11(2)14-6-4-12(17)9-15(14)18/h4-9,11,19H,1-3H3. The van der Waals surface area contributed by atoms with Crippen LogP contribution in [0.15, 0.2) is 36.4 Å². The van der Waals surface area contributed by atoms with Gasteiger partial charge in [-0.25, -0.2) is 0 Å². The van der Waals surface area contributed by atoms with Gasteiger partial charge in [0.25, 0.3) is 0 Å². The van der Waals surface area contributed by atoms with Crippen molar-refractivity contribution in [2.24, 2.45) is 0 Å². The second-order valence-corrected chi connectivity index (χ2v) is 5.56. The maximum atomic E-state index is 6.23. The molecule has 0 saturated carbocycles. The second kappa shape index (κ2) is 6.38. The fourth-order valence-electron chi connectivity index (χ4n) is 2.15. The number of ether oxygens (including phenoxy) is 1. The lowest BCUT2D eigenvalue weighted by Gasteiger charge is -2.18. The van der Waals surface area contributed by atoms with E-state index in [1.54, 1.807) is 13.2 Å². The molecule has 0 radical (unpaired) electrons. The molecule has 0 aliphatic rings. The largest absolute Gasteiger partial charge is 0.496 e. The van der Waals surface area contributed by atoms with Crippen LogP contribution in [0.3, 0.4) is 0 Å². The maximum absolute atomic E-state index is 6.23. The highest BCUT2D eigenvalue weighted by molar-refractivity contribution is 6.35. The first-order chi connectivity index (χ1) is 9.51. The highest BCUT2D eigenvalue weighted by Crippen LogP contribution is 2.29. The molecule has 1 N–H and O–H groups in total. The van der Waals surface area contributed by atoms with E-state index >= 15 is 0 Å². The van der Waals surface area contributed by atoms with Crippen LogP contribution in [-0.4, -0.2) is 7.11 Å². The summed E-state index contributed by atoms with van der Waals surface area (Å²) in [6.45, 7) is 4.08. The van der Waals surface area contributed by atoms with Gasteiger partial charge in [-0.2, -0.15) is 0 Å². The van der Waals surface area contributed by atoms with Crippen LogP contribution in [0.2, 0.25) is 10.0 Å². The summed E-state index contributed by atoms with van der Waals surface area (Å²) in [6.07, 6.45) is 0. The van der Waals surface area contributed by atoms with Crippen molar-refractivity contribution in [3.8, 4) is 5.75 Å². The van der Waals surface area contributed by atoms with Crippen molar-refractivity contribution in [2.75, 3.05) is 12.4 Å². The van der Waals surface area contributed by atoms with E-state index in [2.05, 4.69) is 18.3 Å². The van der Waals surface area contributed by atoms with Crippen LogP contribution < -0.4 is 10.1 Å². The zero-order valence-corrected chi connectivity index (χ0v) is 13.2. The molecule has 106 valence electrons. The zero-order valence-electron chi connectivity index (χ0n) is 11.7. The van der Waals surface area contributed by atoms with Crippen molar-refractivity contribution < 1.29 is 4.74 Å². The van der Waals surface area contributed by atoms with Crippen molar-refractivity contribution in [2.45, 2.75) is 19.9 Å². The van der Waals surface area contributed by atoms with E-state index in [1.165, 1.54) is 0 Å². The average Bonchev–Trinajstić information content (AvgIpc) is 2.38. The van der Waals surface area contributed by atoms with Gasteiger partial charge in [-0.15, -0.1) is 0 Å². The quantitative estimate of drug-likeness (QED) is 0.807. The lowest BCUT2D eigenvalue weighted by atomic mass is 10.1. The summed E-state index contributed by atoms with van der Waals surface area (Å²) in [5.41, 5.74) is 3.14. The van der Waals surface area contributed by atoms with Gasteiger partial charge in [-0.05, 0) is 55.3 Å². The third-order valence-corrected chi connectivity index (χ3v) is 3.77. The third kappa shape index (κ3) is 3.38. The number of aryl methyl sites for hydroxylation is 1. The monoisotopic (exact) mass is 309 g/mol. The highest BCUT2D eigenvalue weighted by Gasteiger charge is 2.10. The first-order valence-corrected chi connectivity index (χ1v) is 7.13. The van der Waals surface area contributed by atoms with E-state index in [-0.39, 0.29) is 6.04 Å². The van der Waals surface area contributed by atoms with Crippen LogP contribution in [0, 0.1) is 6.92 Å². The lowest BCUT2D eigenvalue weighted by molar-refractivity contribution is 0.412. The number of nitrogens with one attached hydrogen (secondary N) is 1. The fourth-order valence-corrected chi connectivity index (χ4v) is 2.72. The Morgan fingerprint density at radius 3 is 2.45 bits per heavy atom. The van der Waals surface area contributed by atoms with Crippen molar-refractivity contribution in [3.63, 3.8) is 0 Å². The Labute approximate surface area is 129 Å². The first-order valence-electron chi connectivity index (χ1n) is 6.37. The predicted molar refractivity (Wildman–Crippen MR) is 86.2 cm³/mol. The SMILES string of the molecule is COc1ccc(NC(C)c2ccc(Cl)cc2Cl)cc1C. The number of hydrogen-bond donors (Lipinski definition) is 1. The van der Waals surface area contributed by atoms with Crippen LogP contribution >= 0.6 is 23.2 Å². The molecule has 0 aromatic heterocycles. The summed E-state index contributed by atoms with van der Waals surface area (Å²) < 4.78 is 5.26. The molecule has 2 aromatic carbocycles. The van der Waals surface area contributed by atoms with Crippen molar-refractivity contribution in [1.82, 2.24) is 0 Å². The molecule has 2 rings (SSSR count). The number of methoxy groups -OCH3 is 1. The number of benzene rings is 2. The molecule has 0 amide bonds. The van der Waals surface area contributed by atoms with Crippen LogP contribution in [0.1, 0.15) is 24.1 Å². The molecule has 1 atom stereocenters. The molecule has 0 fully saturated rings. The van der Waals surface area contributed by atoms with Crippen LogP contribution in [0.5, 0.6) is 5.75 Å². The van der Waals surface area contributed by atoms with Crippen LogP contribution in [-0.2, 0) is 0 Å². The van der Waals surface area contributed by atoms with Gasteiger partial charge in [0.1, 0.15) is 5.75 Å². The zero-order chi connectivity index (χ0) is 14.7. The van der Waals surface area contributed by atoms with Gasteiger partial charge >= 0.3 is 0 Å². The van der Waals surface area contributed by atoms with E-state index in [4.69, 9.17) is 27.9 Å². The molecule has 20 heavy (non-hydrogen) atoms. The highest BCUT2D eigenvalue weighted by atomic mass is 35.5. The minimum atomic E-state index is 0.0903. The summed E-state index contributed by atoms with van der Waals surface area (Å²) >= 11 is 12.1. The van der Waals surface area contributed by atoms with E-state index in [0.29, 0.717) is 10.0 Å². The molecule has 0 saturated heterocycles. The van der Waals surface area contributed by atoms with E-state index in [9.17, 15) is 0 Å². The molecule has 0 spiro atoms. The Hall–Kier alpha value is -1.38. The van der Waals surface area contributed by atoms with Crippen LogP contribution in [0.4, 0.5) is 5.69 Å². The van der Waals surface area contributed by atoms with Crippen LogP contribution in [0.25, 0.3) is 0 Å². The third-order valence-electron chi connectivity index (χ3n) is 3.21. The van der Waals surface area contributed by atoms with Crippen molar-refractivity contribution in [3.05, 3.63) is 57.6 Å². The summed E-state index contributed by atoms with van der Waals surface area (Å²) in [4.78, 5) is 0. The predicted octanol–water partition coefficient (Wildman–Crippen LogP) is 5.48. The average molecular weight is 310 g/mol. The number of halogens is 2. The van der Waals surface area contributed by atoms with E-state index < -0.39 is 0 Å². The Morgan fingerprint density at radius 1 is 1.10 bits per heavy atom. The molecule has 2 nitrogen and oxygen atoms in total. The molecule has 0 aliphatic heterocycles. The fraction of sp³-hybridized carbons (Fsp3) is 0.250. The van der Waals surface area contributed by atoms with Gasteiger partial charge in [-0.1, -0.05) is 29.3 Å². The van der Waals surface area contributed by atoms with Gasteiger partial charge in [0, 0.05) is 21.8 Å². The smallest absolute Gasteiger partial charge is 0.121 e. The summed E-state index contributed by atoms with van der Waals surface area (Å²) in [5, 5.41) is 4.74. The molecule has 4 heteroatoms. The van der Waals surface area contributed by atoms with Gasteiger partial charge in [0.2, 0.25) is 0 Å². The molecule has 2 aromatic rings. The molecule has 0 aliphatic carbocycles. The molecule has 0 bridgehead atoms. The topological polar surface area (TPSA) is 21.3 Å². The van der Waals surface area contributed by atoms with E-state index in [0.717, 1.165) is 22.6 Å². The summed E-state index contributed by atoms with van der Waals surface area (Å²) in [7, 11) is 1.67. The summed E-state index contributed by atoms with van der Waals surface area (Å²) in [5.74, 6) is 0.882. The Balaban J connectivity index is 2.18. The summed E-state index contributed by atoms with van der Waals surface area (Å²) in [6, 6.07) is 11.6. The molecule has 0 heterocycles. The maximum Gasteiger partial charge on any atom is 0.121 e. The van der Waals surface area contributed by atoms with Gasteiger partial charge in [0.05, 0.1) is 7.11 Å². The van der Waals surface area contributed by atoms with Gasteiger partial charge < -0.3 is 10.1 Å². The minimum absolute atomic E-state index is 0.0903. The Morgan fingerprint density at radius 2 is 1.85 bits per heavy atom. The minimum Gasteiger partial charge on any atom is -0.496 e.